The Balaban J connectivity index is 2.64. The summed E-state index contributed by atoms with van der Waals surface area (Å²) < 4.78 is 0. The van der Waals surface area contributed by atoms with E-state index in [-0.39, 0.29) is 0 Å². The second-order valence-electron chi connectivity index (χ2n) is 4.55. The fourth-order valence-electron chi connectivity index (χ4n) is 2.06. The summed E-state index contributed by atoms with van der Waals surface area (Å²) in [5.41, 5.74) is 12.5. The summed E-state index contributed by atoms with van der Waals surface area (Å²) in [6.45, 7) is 6.14. The third kappa shape index (κ3) is 2.45. The Hall–Kier alpha value is -1.47. The van der Waals surface area contributed by atoms with Crippen molar-refractivity contribution in [2.24, 2.45) is 0 Å². The molecule has 17 heavy (non-hydrogen) atoms. The van der Waals surface area contributed by atoms with Crippen molar-refractivity contribution in [2.75, 3.05) is 5.73 Å². The molecule has 2 aromatic rings. The van der Waals surface area contributed by atoms with Crippen LogP contribution in [-0.2, 0) is 0 Å². The number of nitrogens with two attached hydrogens (primary N) is 1. The highest BCUT2D eigenvalue weighted by molar-refractivity contribution is 6.31. The van der Waals surface area contributed by atoms with E-state index in [1.165, 1.54) is 16.7 Å². The van der Waals surface area contributed by atoms with Crippen molar-refractivity contribution in [3.8, 4) is 11.1 Å². The second kappa shape index (κ2) is 4.42. The number of hydrogen-bond acceptors (Lipinski definition) is 1. The standard InChI is InChI=1S/C15H16ClN/c1-9-4-12(8-13(17)5-9)14-6-11(3)15(16)7-10(14)2/h4-8H,17H2,1-3H3. The van der Waals surface area contributed by atoms with Gasteiger partial charge in [0, 0.05) is 10.7 Å². The number of benzene rings is 2. The minimum atomic E-state index is 0.798. The van der Waals surface area contributed by atoms with Crippen molar-refractivity contribution in [1.29, 1.82) is 0 Å². The van der Waals surface area contributed by atoms with Crippen LogP contribution < -0.4 is 5.73 Å². The van der Waals surface area contributed by atoms with E-state index in [2.05, 4.69) is 26.0 Å². The van der Waals surface area contributed by atoms with Gasteiger partial charge in [-0.1, -0.05) is 17.7 Å². The Morgan fingerprint density at radius 1 is 0.882 bits per heavy atom. The molecule has 2 rings (SSSR count). The van der Waals surface area contributed by atoms with Crippen LogP contribution in [0.1, 0.15) is 16.7 Å². The van der Waals surface area contributed by atoms with Crippen molar-refractivity contribution < 1.29 is 0 Å². The van der Waals surface area contributed by atoms with Gasteiger partial charge in [0.25, 0.3) is 0 Å². The van der Waals surface area contributed by atoms with E-state index in [4.69, 9.17) is 17.3 Å². The van der Waals surface area contributed by atoms with E-state index < -0.39 is 0 Å². The van der Waals surface area contributed by atoms with Gasteiger partial charge in [-0.05, 0) is 72.9 Å². The van der Waals surface area contributed by atoms with Gasteiger partial charge in [0.05, 0.1) is 0 Å². The van der Waals surface area contributed by atoms with Crippen LogP contribution in [0, 0.1) is 20.8 Å². The van der Waals surface area contributed by atoms with Gasteiger partial charge in [-0.25, -0.2) is 0 Å². The smallest absolute Gasteiger partial charge is 0.0438 e. The summed E-state index contributed by atoms with van der Waals surface area (Å²) >= 11 is 6.11. The first-order valence-corrected chi connectivity index (χ1v) is 5.99. The SMILES string of the molecule is Cc1cc(N)cc(-c2cc(C)c(Cl)cc2C)c1. The Morgan fingerprint density at radius 3 is 2.24 bits per heavy atom. The molecule has 0 aliphatic carbocycles. The zero-order valence-corrected chi connectivity index (χ0v) is 11.1. The minimum Gasteiger partial charge on any atom is -0.399 e. The molecular formula is C15H16ClN. The van der Waals surface area contributed by atoms with Crippen molar-refractivity contribution in [3.63, 3.8) is 0 Å². The molecule has 1 nitrogen and oxygen atoms in total. The van der Waals surface area contributed by atoms with Gasteiger partial charge < -0.3 is 5.73 Å². The molecular weight excluding hydrogens is 230 g/mol. The Bertz CT molecular complexity index is 553. The normalized spacial score (nSPS) is 10.6. The number of anilines is 1. The average molecular weight is 246 g/mol. The van der Waals surface area contributed by atoms with Crippen molar-refractivity contribution in [3.05, 3.63) is 52.0 Å². The lowest BCUT2D eigenvalue weighted by Gasteiger charge is -2.10. The van der Waals surface area contributed by atoms with Crippen molar-refractivity contribution >= 4 is 17.3 Å². The van der Waals surface area contributed by atoms with Gasteiger partial charge in [0.2, 0.25) is 0 Å². The fraction of sp³-hybridized carbons (Fsp3) is 0.200. The summed E-state index contributed by atoms with van der Waals surface area (Å²) in [5, 5.41) is 0.812. The van der Waals surface area contributed by atoms with E-state index >= 15 is 0 Å². The predicted molar refractivity (Wildman–Crippen MR) is 75.5 cm³/mol. The Morgan fingerprint density at radius 2 is 1.59 bits per heavy atom. The van der Waals surface area contributed by atoms with Crippen LogP contribution in [0.5, 0.6) is 0 Å². The number of nitrogen functional groups attached to an aromatic ring is 1. The van der Waals surface area contributed by atoms with Gasteiger partial charge in [-0.3, -0.25) is 0 Å². The third-order valence-electron chi connectivity index (χ3n) is 2.92. The number of aryl methyl sites for hydroxylation is 3. The second-order valence-corrected chi connectivity index (χ2v) is 4.96. The summed E-state index contributed by atoms with van der Waals surface area (Å²) in [4.78, 5) is 0. The van der Waals surface area contributed by atoms with E-state index in [9.17, 15) is 0 Å². The molecule has 2 aromatic carbocycles. The average Bonchev–Trinajstić information content (AvgIpc) is 2.22. The van der Waals surface area contributed by atoms with E-state index in [1.54, 1.807) is 0 Å². The lowest BCUT2D eigenvalue weighted by molar-refractivity contribution is 1.38. The molecule has 0 fully saturated rings. The maximum atomic E-state index is 6.11. The third-order valence-corrected chi connectivity index (χ3v) is 3.32. The van der Waals surface area contributed by atoms with Gasteiger partial charge >= 0.3 is 0 Å². The van der Waals surface area contributed by atoms with Crippen LogP contribution in [0.25, 0.3) is 11.1 Å². The topological polar surface area (TPSA) is 26.0 Å². The maximum absolute atomic E-state index is 6.11. The molecule has 2 heteroatoms. The molecule has 0 amide bonds. The van der Waals surface area contributed by atoms with Gasteiger partial charge in [-0.2, -0.15) is 0 Å². The lowest BCUT2D eigenvalue weighted by Crippen LogP contribution is -1.91. The first-order chi connectivity index (χ1) is 7.97. The molecule has 0 spiro atoms. The van der Waals surface area contributed by atoms with Crippen LogP contribution in [-0.4, -0.2) is 0 Å². The summed E-state index contributed by atoms with van der Waals surface area (Å²) in [6.07, 6.45) is 0. The number of rotatable bonds is 1. The predicted octanol–water partition coefficient (Wildman–Crippen LogP) is 4.51. The quantitative estimate of drug-likeness (QED) is 0.735. The fourth-order valence-corrected chi connectivity index (χ4v) is 2.28. The Labute approximate surface area is 107 Å². The highest BCUT2D eigenvalue weighted by Gasteiger charge is 2.06. The van der Waals surface area contributed by atoms with Crippen LogP contribution in [0.2, 0.25) is 5.02 Å². The van der Waals surface area contributed by atoms with Crippen molar-refractivity contribution in [1.82, 2.24) is 0 Å². The van der Waals surface area contributed by atoms with E-state index in [0.29, 0.717) is 0 Å². The molecule has 0 saturated heterocycles. The first kappa shape index (κ1) is 12.0. The zero-order valence-electron chi connectivity index (χ0n) is 10.3. The van der Waals surface area contributed by atoms with Crippen molar-refractivity contribution in [2.45, 2.75) is 20.8 Å². The van der Waals surface area contributed by atoms with Crippen LogP contribution in [0.15, 0.2) is 30.3 Å². The molecule has 0 aliphatic heterocycles. The Kier molecular flexibility index (Phi) is 3.12. The molecule has 0 unspecified atom stereocenters. The summed E-state index contributed by atoms with van der Waals surface area (Å²) in [5.74, 6) is 0. The first-order valence-electron chi connectivity index (χ1n) is 5.61. The molecule has 0 saturated carbocycles. The molecule has 0 atom stereocenters. The summed E-state index contributed by atoms with van der Waals surface area (Å²) in [6, 6.07) is 10.2. The molecule has 0 heterocycles. The molecule has 88 valence electrons. The van der Waals surface area contributed by atoms with Gasteiger partial charge in [0.15, 0.2) is 0 Å². The van der Waals surface area contributed by atoms with Crippen LogP contribution >= 0.6 is 11.6 Å². The molecule has 0 bridgehead atoms. The van der Waals surface area contributed by atoms with Crippen LogP contribution in [0.3, 0.4) is 0 Å². The highest BCUT2D eigenvalue weighted by Crippen LogP contribution is 2.30. The monoisotopic (exact) mass is 245 g/mol. The van der Waals surface area contributed by atoms with Crippen LogP contribution in [0.4, 0.5) is 5.69 Å². The highest BCUT2D eigenvalue weighted by atomic mass is 35.5. The largest absolute Gasteiger partial charge is 0.399 e. The minimum absolute atomic E-state index is 0.798. The molecule has 0 aromatic heterocycles. The molecule has 0 radical (unpaired) electrons. The number of halogens is 1. The van der Waals surface area contributed by atoms with Gasteiger partial charge in [-0.15, -0.1) is 0 Å². The van der Waals surface area contributed by atoms with Gasteiger partial charge in [0.1, 0.15) is 0 Å². The summed E-state index contributed by atoms with van der Waals surface area (Å²) in [7, 11) is 0. The molecule has 0 aliphatic rings. The lowest BCUT2D eigenvalue weighted by atomic mass is 9.97. The van der Waals surface area contributed by atoms with E-state index in [1.807, 2.05) is 25.1 Å². The molecule has 2 N–H and O–H groups in total. The van der Waals surface area contributed by atoms with E-state index in [0.717, 1.165) is 21.8 Å². The zero-order chi connectivity index (χ0) is 12.6. The maximum Gasteiger partial charge on any atom is 0.0438 e. The number of hydrogen-bond donors (Lipinski definition) is 1.